The molecule has 2 aromatic rings. The van der Waals surface area contributed by atoms with Gasteiger partial charge in [0.15, 0.2) is 0 Å². The summed E-state index contributed by atoms with van der Waals surface area (Å²) in [5.41, 5.74) is 3.27. The Balaban J connectivity index is 1.68. The summed E-state index contributed by atoms with van der Waals surface area (Å²) in [5, 5.41) is 6.18. The molecule has 0 aliphatic carbocycles. The Morgan fingerprint density at radius 1 is 1.13 bits per heavy atom. The molecule has 4 heteroatoms. The molecular formula is C19H24N2O2. The normalized spacial score (nSPS) is 10.3. The van der Waals surface area contributed by atoms with Crippen LogP contribution in [0.25, 0.3) is 0 Å². The number of ether oxygens (including phenoxy) is 1. The quantitative estimate of drug-likeness (QED) is 0.733. The molecule has 0 spiro atoms. The van der Waals surface area contributed by atoms with Gasteiger partial charge in [0.25, 0.3) is 0 Å². The molecule has 0 atom stereocenters. The molecule has 23 heavy (non-hydrogen) atoms. The first kappa shape index (κ1) is 17.0. The minimum Gasteiger partial charge on any atom is -0.494 e. The van der Waals surface area contributed by atoms with Crippen LogP contribution in [0.15, 0.2) is 48.5 Å². The second-order valence-corrected chi connectivity index (χ2v) is 5.42. The van der Waals surface area contributed by atoms with Gasteiger partial charge in [-0.25, -0.2) is 0 Å². The number of carbonyl (C=O) groups excluding carboxylic acids is 1. The first-order valence-electron chi connectivity index (χ1n) is 7.96. The Morgan fingerprint density at radius 3 is 2.61 bits per heavy atom. The van der Waals surface area contributed by atoms with Gasteiger partial charge in [-0.05, 0) is 43.7 Å². The highest BCUT2D eigenvalue weighted by Crippen LogP contribution is 2.15. The molecule has 2 N–H and O–H groups in total. The maximum Gasteiger partial charge on any atom is 0.225 e. The number of amides is 1. The van der Waals surface area contributed by atoms with Crippen molar-refractivity contribution in [3.63, 3.8) is 0 Å². The lowest BCUT2D eigenvalue weighted by Crippen LogP contribution is -2.21. The fourth-order valence-electron chi connectivity index (χ4n) is 2.28. The number of aryl methyl sites for hydroxylation is 1. The van der Waals surface area contributed by atoms with E-state index in [9.17, 15) is 4.79 Å². The molecule has 0 aliphatic heterocycles. The third kappa shape index (κ3) is 6.12. The zero-order chi connectivity index (χ0) is 16.5. The van der Waals surface area contributed by atoms with Gasteiger partial charge in [0.05, 0.1) is 6.61 Å². The van der Waals surface area contributed by atoms with Crippen molar-refractivity contribution in [3.8, 4) is 5.75 Å². The molecule has 2 aromatic carbocycles. The summed E-state index contributed by atoms with van der Waals surface area (Å²) in [6, 6.07) is 15.8. The standard InChI is InChI=1S/C19H24N2O2/c1-3-23-18-9-7-17(8-10-18)21-19(22)11-12-20-14-16-6-4-5-15(2)13-16/h4-10,13,20H,3,11-12,14H2,1-2H3,(H,21,22). The zero-order valence-corrected chi connectivity index (χ0v) is 13.8. The van der Waals surface area contributed by atoms with Gasteiger partial charge in [-0.2, -0.15) is 0 Å². The number of hydrogen-bond donors (Lipinski definition) is 2. The molecule has 1 amide bonds. The summed E-state index contributed by atoms with van der Waals surface area (Å²) < 4.78 is 5.37. The maximum absolute atomic E-state index is 11.9. The summed E-state index contributed by atoms with van der Waals surface area (Å²) in [4.78, 5) is 11.9. The Morgan fingerprint density at radius 2 is 1.91 bits per heavy atom. The minimum absolute atomic E-state index is 0.00546. The van der Waals surface area contributed by atoms with Crippen LogP contribution in [-0.4, -0.2) is 19.1 Å². The summed E-state index contributed by atoms with van der Waals surface area (Å²) >= 11 is 0. The summed E-state index contributed by atoms with van der Waals surface area (Å²) in [5.74, 6) is 0.816. The van der Waals surface area contributed by atoms with E-state index in [1.54, 1.807) is 0 Å². The van der Waals surface area contributed by atoms with E-state index >= 15 is 0 Å². The van der Waals surface area contributed by atoms with Crippen LogP contribution in [0.4, 0.5) is 5.69 Å². The van der Waals surface area contributed by atoms with Crippen LogP contribution in [0, 0.1) is 6.92 Å². The summed E-state index contributed by atoms with van der Waals surface area (Å²) in [6.45, 7) is 6.08. The molecule has 0 aliphatic rings. The number of carbonyl (C=O) groups is 1. The van der Waals surface area contributed by atoms with Gasteiger partial charge in [0, 0.05) is 25.2 Å². The van der Waals surface area contributed by atoms with E-state index in [1.165, 1.54) is 11.1 Å². The molecule has 2 rings (SSSR count). The molecule has 0 saturated carbocycles. The van der Waals surface area contributed by atoms with Crippen molar-refractivity contribution in [1.29, 1.82) is 0 Å². The second kappa shape index (κ2) is 8.96. The van der Waals surface area contributed by atoms with Crippen LogP contribution in [0.2, 0.25) is 0 Å². The van der Waals surface area contributed by atoms with Gasteiger partial charge >= 0.3 is 0 Å². The predicted molar refractivity (Wildman–Crippen MR) is 93.7 cm³/mol. The molecule has 0 bridgehead atoms. The molecular weight excluding hydrogens is 288 g/mol. The number of benzene rings is 2. The molecule has 0 radical (unpaired) electrons. The average Bonchev–Trinajstić information content (AvgIpc) is 2.54. The van der Waals surface area contributed by atoms with E-state index in [-0.39, 0.29) is 5.91 Å². The fraction of sp³-hybridized carbons (Fsp3) is 0.316. The van der Waals surface area contributed by atoms with Crippen molar-refractivity contribution in [1.82, 2.24) is 5.32 Å². The molecule has 4 nitrogen and oxygen atoms in total. The first-order chi connectivity index (χ1) is 11.2. The average molecular weight is 312 g/mol. The van der Waals surface area contributed by atoms with Crippen molar-refractivity contribution in [3.05, 3.63) is 59.7 Å². The van der Waals surface area contributed by atoms with Crippen molar-refractivity contribution in [2.45, 2.75) is 26.8 Å². The lowest BCUT2D eigenvalue weighted by molar-refractivity contribution is -0.116. The maximum atomic E-state index is 11.9. The number of hydrogen-bond acceptors (Lipinski definition) is 3. The number of rotatable bonds is 8. The smallest absolute Gasteiger partial charge is 0.225 e. The highest BCUT2D eigenvalue weighted by Gasteiger charge is 2.02. The van der Waals surface area contributed by atoms with E-state index in [0.717, 1.165) is 18.0 Å². The lowest BCUT2D eigenvalue weighted by atomic mass is 10.1. The molecule has 122 valence electrons. The first-order valence-corrected chi connectivity index (χ1v) is 7.96. The van der Waals surface area contributed by atoms with Crippen molar-refractivity contribution in [2.75, 3.05) is 18.5 Å². The summed E-state index contributed by atoms with van der Waals surface area (Å²) in [7, 11) is 0. The number of nitrogens with one attached hydrogen (secondary N) is 2. The third-order valence-electron chi connectivity index (χ3n) is 3.39. The predicted octanol–water partition coefficient (Wildman–Crippen LogP) is 3.51. The van der Waals surface area contributed by atoms with Crippen LogP contribution in [0.3, 0.4) is 0 Å². The Bertz CT molecular complexity index is 624. The van der Waals surface area contributed by atoms with Crippen LogP contribution in [-0.2, 0) is 11.3 Å². The minimum atomic E-state index is 0.00546. The summed E-state index contributed by atoms with van der Waals surface area (Å²) in [6.07, 6.45) is 0.443. The largest absolute Gasteiger partial charge is 0.494 e. The third-order valence-corrected chi connectivity index (χ3v) is 3.39. The SMILES string of the molecule is CCOc1ccc(NC(=O)CCNCc2cccc(C)c2)cc1. The highest BCUT2D eigenvalue weighted by atomic mass is 16.5. The highest BCUT2D eigenvalue weighted by molar-refractivity contribution is 5.90. The van der Waals surface area contributed by atoms with Crippen molar-refractivity contribution >= 4 is 11.6 Å². The number of anilines is 1. The Labute approximate surface area is 137 Å². The molecule has 0 fully saturated rings. The van der Waals surface area contributed by atoms with Gasteiger partial charge in [-0.3, -0.25) is 4.79 Å². The van der Waals surface area contributed by atoms with Crippen molar-refractivity contribution in [2.24, 2.45) is 0 Å². The molecule has 0 saturated heterocycles. The topological polar surface area (TPSA) is 50.4 Å². The Hall–Kier alpha value is -2.33. The Kier molecular flexibility index (Phi) is 6.63. The lowest BCUT2D eigenvalue weighted by Gasteiger charge is -2.08. The van der Waals surface area contributed by atoms with Gasteiger partial charge in [0.2, 0.25) is 5.91 Å². The van der Waals surface area contributed by atoms with E-state index in [0.29, 0.717) is 19.6 Å². The zero-order valence-electron chi connectivity index (χ0n) is 13.8. The van der Waals surface area contributed by atoms with E-state index in [1.807, 2.05) is 37.3 Å². The van der Waals surface area contributed by atoms with Gasteiger partial charge in [-0.15, -0.1) is 0 Å². The van der Waals surface area contributed by atoms with Crippen LogP contribution < -0.4 is 15.4 Å². The van der Waals surface area contributed by atoms with E-state index < -0.39 is 0 Å². The monoisotopic (exact) mass is 312 g/mol. The molecule has 0 aromatic heterocycles. The molecule has 0 unspecified atom stereocenters. The van der Waals surface area contributed by atoms with Gasteiger partial charge < -0.3 is 15.4 Å². The second-order valence-electron chi connectivity index (χ2n) is 5.42. The van der Waals surface area contributed by atoms with Crippen LogP contribution >= 0.6 is 0 Å². The van der Waals surface area contributed by atoms with Gasteiger partial charge in [-0.1, -0.05) is 29.8 Å². The van der Waals surface area contributed by atoms with E-state index in [2.05, 4.69) is 35.8 Å². The van der Waals surface area contributed by atoms with E-state index in [4.69, 9.17) is 4.74 Å². The van der Waals surface area contributed by atoms with Crippen LogP contribution in [0.5, 0.6) is 5.75 Å². The molecule has 0 heterocycles. The van der Waals surface area contributed by atoms with Gasteiger partial charge in [0.1, 0.15) is 5.75 Å². The van der Waals surface area contributed by atoms with Crippen LogP contribution in [0.1, 0.15) is 24.5 Å². The van der Waals surface area contributed by atoms with Crippen molar-refractivity contribution < 1.29 is 9.53 Å². The fourth-order valence-corrected chi connectivity index (χ4v) is 2.28.